The molecule has 0 aromatic carbocycles. The Balaban J connectivity index is 5.29. The molecular weight excluding hydrogens is 892 g/mol. The van der Waals surface area contributed by atoms with Gasteiger partial charge in [-0.3, -0.25) is 18.6 Å². The zero-order chi connectivity index (χ0) is 51.5. The minimum atomic E-state index is -4.45. The summed E-state index contributed by atoms with van der Waals surface area (Å²) in [5.41, 5.74) is 0. The number of quaternary nitrogens is 1. The lowest BCUT2D eigenvalue weighted by Gasteiger charge is -2.27. The van der Waals surface area contributed by atoms with Crippen LogP contribution in [-0.2, 0) is 27.9 Å². The summed E-state index contributed by atoms with van der Waals surface area (Å²) in [7, 11) is 1.48. The van der Waals surface area contributed by atoms with E-state index in [0.29, 0.717) is 23.9 Å². The maximum Gasteiger partial charge on any atom is 0.472 e. The van der Waals surface area contributed by atoms with Crippen LogP contribution in [0.5, 0.6) is 0 Å². The lowest BCUT2D eigenvalue weighted by Crippen LogP contribution is -2.47. The molecule has 0 aliphatic carbocycles. The molecular formula is C60H112N2O7P+. The third-order valence-electron chi connectivity index (χ3n) is 12.7. The predicted molar refractivity (Wildman–Crippen MR) is 300 cm³/mol. The van der Waals surface area contributed by atoms with Crippen molar-refractivity contribution in [3.63, 3.8) is 0 Å². The highest BCUT2D eigenvalue weighted by atomic mass is 31.2. The van der Waals surface area contributed by atoms with Gasteiger partial charge in [-0.2, -0.15) is 0 Å². The lowest BCUT2D eigenvalue weighted by atomic mass is 10.0. The molecule has 0 bridgehead atoms. The average Bonchev–Trinajstić information content (AvgIpc) is 3.32. The van der Waals surface area contributed by atoms with E-state index in [4.69, 9.17) is 13.8 Å². The van der Waals surface area contributed by atoms with Gasteiger partial charge >= 0.3 is 13.8 Å². The first-order valence-corrected chi connectivity index (χ1v) is 30.6. The zero-order valence-electron chi connectivity index (χ0n) is 46.5. The van der Waals surface area contributed by atoms with Crippen LogP contribution < -0.4 is 5.32 Å². The summed E-state index contributed by atoms with van der Waals surface area (Å²) in [6.45, 7) is 6.87. The Morgan fingerprint density at radius 2 is 0.914 bits per heavy atom. The Morgan fingerprint density at radius 1 is 0.514 bits per heavy atom. The van der Waals surface area contributed by atoms with E-state index in [0.717, 1.165) is 83.5 Å². The summed E-state index contributed by atoms with van der Waals surface area (Å²) >= 11 is 0. The van der Waals surface area contributed by atoms with Crippen molar-refractivity contribution in [2.45, 2.75) is 270 Å². The van der Waals surface area contributed by atoms with E-state index in [-0.39, 0.29) is 31.5 Å². The van der Waals surface area contributed by atoms with E-state index < -0.39 is 20.0 Å². The van der Waals surface area contributed by atoms with Gasteiger partial charge in [-0.05, 0) is 89.5 Å². The molecule has 0 saturated heterocycles. The first-order valence-electron chi connectivity index (χ1n) is 29.1. The fraction of sp³-hybridized carbons (Fsp3) is 0.800. The van der Waals surface area contributed by atoms with E-state index in [9.17, 15) is 19.0 Å². The molecule has 0 spiro atoms. The number of esters is 1. The molecule has 0 aromatic heterocycles. The van der Waals surface area contributed by atoms with Crippen molar-refractivity contribution in [1.82, 2.24) is 5.32 Å². The highest BCUT2D eigenvalue weighted by Gasteiger charge is 2.30. The number of rotatable bonds is 52. The Hall–Kier alpha value is -2.29. The SMILES string of the molecule is CC/C=C/C/C=C/C/C=C/CCCCCCC(=O)OC(/C=C\CCCCCCCCCCC)C(COP(=O)(O)OCC[N+](C)(C)C)NC(=O)CCCCCCCCCCC/C=C/CCCCCCCC. The molecule has 9 nitrogen and oxygen atoms in total. The number of phosphoric acid groups is 1. The van der Waals surface area contributed by atoms with Gasteiger partial charge in [0.25, 0.3) is 0 Å². The van der Waals surface area contributed by atoms with E-state index >= 15 is 0 Å². The van der Waals surface area contributed by atoms with Gasteiger partial charge in [-0.1, -0.05) is 217 Å². The normalized spacial score (nSPS) is 14.2. The van der Waals surface area contributed by atoms with Crippen molar-refractivity contribution >= 4 is 19.7 Å². The third kappa shape index (κ3) is 50.6. The molecule has 0 aromatic rings. The minimum Gasteiger partial charge on any atom is -0.456 e. The van der Waals surface area contributed by atoms with Gasteiger partial charge < -0.3 is 19.4 Å². The number of carbonyl (C=O) groups excluding carboxylic acids is 2. The smallest absolute Gasteiger partial charge is 0.456 e. The number of allylic oxidation sites excluding steroid dienone is 9. The van der Waals surface area contributed by atoms with Gasteiger partial charge in [-0.25, -0.2) is 4.57 Å². The summed E-state index contributed by atoms with van der Waals surface area (Å²) in [5.74, 6) is -0.532. The summed E-state index contributed by atoms with van der Waals surface area (Å²) in [5, 5.41) is 3.04. The quantitative estimate of drug-likeness (QED) is 0.0205. The first kappa shape index (κ1) is 67.7. The second-order valence-corrected chi connectivity index (χ2v) is 22.2. The molecule has 0 aliphatic rings. The van der Waals surface area contributed by atoms with E-state index in [1.54, 1.807) is 0 Å². The average molecular weight is 1000 g/mol. The molecule has 2 N–H and O–H groups in total. The molecule has 0 rings (SSSR count). The van der Waals surface area contributed by atoms with Gasteiger partial charge in [0.1, 0.15) is 19.3 Å². The van der Waals surface area contributed by atoms with Crippen molar-refractivity contribution < 1.29 is 37.3 Å². The second kappa shape index (κ2) is 50.3. The van der Waals surface area contributed by atoms with Crippen LogP contribution in [0.1, 0.15) is 258 Å². The molecule has 3 unspecified atom stereocenters. The van der Waals surface area contributed by atoms with Gasteiger partial charge in [0.05, 0.1) is 33.8 Å². The fourth-order valence-electron chi connectivity index (χ4n) is 8.18. The van der Waals surface area contributed by atoms with Crippen molar-refractivity contribution in [1.29, 1.82) is 0 Å². The van der Waals surface area contributed by atoms with Gasteiger partial charge in [0.15, 0.2) is 0 Å². The van der Waals surface area contributed by atoms with Gasteiger partial charge in [0.2, 0.25) is 5.91 Å². The number of hydrogen-bond donors (Lipinski definition) is 2. The summed E-state index contributed by atoms with van der Waals surface area (Å²) < 4.78 is 30.6. The van der Waals surface area contributed by atoms with Crippen molar-refractivity contribution in [2.75, 3.05) is 40.9 Å². The minimum absolute atomic E-state index is 0.0349. The maximum atomic E-state index is 13.5. The second-order valence-electron chi connectivity index (χ2n) is 20.8. The molecule has 0 heterocycles. The number of nitrogens with one attached hydrogen (secondary N) is 1. The molecule has 1 amide bonds. The Morgan fingerprint density at radius 3 is 1.39 bits per heavy atom. The third-order valence-corrected chi connectivity index (χ3v) is 13.7. The largest absolute Gasteiger partial charge is 0.472 e. The monoisotopic (exact) mass is 1000 g/mol. The standard InChI is InChI=1S/C60H111N2O7P/c1-7-10-13-16-19-22-25-27-29-30-31-32-33-34-37-40-43-46-49-52-59(63)61-57(56-68-70(65,66)67-55-54-62(4,5)6)58(51-48-45-42-39-36-24-21-18-15-12-9-3)69-60(64)53-50-47-44-41-38-35-28-26-23-20-17-14-11-8-2/h11,14,20,23,27-29,35,48,51,57-58H,7-10,12-13,15-19,21-22,24-26,30-34,36-47,49-50,52-56H2,1-6H3,(H-,61,63,65,66)/p+1/b14-11+,23-20+,29-27+,35-28+,51-48-. The number of hydrogen-bond acceptors (Lipinski definition) is 6. The van der Waals surface area contributed by atoms with Gasteiger partial charge in [-0.15, -0.1) is 0 Å². The first-order chi connectivity index (χ1) is 33.9. The number of amides is 1. The number of ether oxygens (including phenoxy) is 1. The van der Waals surface area contributed by atoms with E-state index in [1.807, 2.05) is 33.3 Å². The lowest BCUT2D eigenvalue weighted by molar-refractivity contribution is -0.870. The number of likely N-dealkylation sites (N-methyl/N-ethyl adjacent to an activating group) is 1. The molecule has 408 valence electrons. The number of carbonyl (C=O) groups is 2. The maximum absolute atomic E-state index is 13.5. The van der Waals surface area contributed by atoms with E-state index in [2.05, 4.69) is 74.7 Å². The molecule has 70 heavy (non-hydrogen) atoms. The van der Waals surface area contributed by atoms with Gasteiger partial charge in [0, 0.05) is 12.8 Å². The molecule has 0 fully saturated rings. The molecule has 0 radical (unpaired) electrons. The zero-order valence-corrected chi connectivity index (χ0v) is 47.4. The van der Waals surface area contributed by atoms with Crippen LogP contribution in [0.4, 0.5) is 0 Å². The molecule has 3 atom stereocenters. The highest BCUT2D eigenvalue weighted by Crippen LogP contribution is 2.43. The van der Waals surface area contributed by atoms with Crippen LogP contribution in [0.2, 0.25) is 0 Å². The number of nitrogens with zero attached hydrogens (tertiary/aromatic N) is 1. The predicted octanol–water partition coefficient (Wildman–Crippen LogP) is 17.5. The highest BCUT2D eigenvalue weighted by molar-refractivity contribution is 7.47. The van der Waals surface area contributed by atoms with Crippen LogP contribution in [0.15, 0.2) is 60.8 Å². The van der Waals surface area contributed by atoms with Crippen molar-refractivity contribution in [2.24, 2.45) is 0 Å². The molecule has 0 saturated carbocycles. The van der Waals surface area contributed by atoms with E-state index in [1.165, 1.54) is 135 Å². The summed E-state index contributed by atoms with van der Waals surface area (Å²) in [4.78, 5) is 37.6. The summed E-state index contributed by atoms with van der Waals surface area (Å²) in [6, 6.07) is -0.858. The fourth-order valence-corrected chi connectivity index (χ4v) is 8.92. The van der Waals surface area contributed by atoms with Crippen LogP contribution in [-0.4, -0.2) is 74.3 Å². The Bertz CT molecular complexity index is 1390. The number of phosphoric ester groups is 1. The van der Waals surface area contributed by atoms with Crippen LogP contribution in [0.3, 0.4) is 0 Å². The van der Waals surface area contributed by atoms with Crippen LogP contribution >= 0.6 is 7.82 Å². The summed E-state index contributed by atoms with van der Waals surface area (Å²) in [6.07, 6.45) is 62.2. The Labute approximate surface area is 432 Å². The number of unbranched alkanes of at least 4 members (excludes halogenated alkanes) is 28. The van der Waals surface area contributed by atoms with Crippen LogP contribution in [0, 0.1) is 0 Å². The topological polar surface area (TPSA) is 111 Å². The van der Waals surface area contributed by atoms with Crippen molar-refractivity contribution in [3.05, 3.63) is 60.8 Å². The van der Waals surface area contributed by atoms with Crippen molar-refractivity contribution in [3.8, 4) is 0 Å². The molecule has 10 heteroatoms. The Kier molecular flexibility index (Phi) is 48.6. The van der Waals surface area contributed by atoms with Crippen LogP contribution in [0.25, 0.3) is 0 Å². The molecule has 0 aliphatic heterocycles.